The van der Waals surface area contributed by atoms with Crippen LogP contribution in [-0.2, 0) is 6.54 Å². The average Bonchev–Trinajstić information content (AvgIpc) is 2.74. The minimum absolute atomic E-state index is 0.362. The van der Waals surface area contributed by atoms with E-state index >= 15 is 0 Å². The Kier molecular flexibility index (Phi) is 3.64. The van der Waals surface area contributed by atoms with Crippen LogP contribution in [0.4, 0.5) is 5.69 Å². The summed E-state index contributed by atoms with van der Waals surface area (Å²) < 4.78 is 2.04. The molecule has 1 N–H and O–H groups in total. The monoisotopic (exact) mass is 250 g/mol. The summed E-state index contributed by atoms with van der Waals surface area (Å²) in [4.78, 5) is 0. The van der Waals surface area contributed by atoms with Gasteiger partial charge in [0, 0.05) is 16.8 Å². The third-order valence-electron chi connectivity index (χ3n) is 2.48. The van der Waals surface area contributed by atoms with Crippen LogP contribution in [-0.4, -0.2) is 14.8 Å². The minimum atomic E-state index is 0.362. The highest BCUT2D eigenvalue weighted by atomic mass is 35.5. The van der Waals surface area contributed by atoms with Gasteiger partial charge in [0.15, 0.2) is 5.82 Å². The van der Waals surface area contributed by atoms with Crippen LogP contribution < -0.4 is 5.32 Å². The van der Waals surface area contributed by atoms with E-state index in [2.05, 4.69) is 29.4 Å². The molecule has 0 aliphatic carbocycles. The minimum Gasteiger partial charge on any atom is -0.378 e. The summed E-state index contributed by atoms with van der Waals surface area (Å²) in [6, 6.07) is 7.99. The Morgan fingerprint density at radius 1 is 1.41 bits per heavy atom. The maximum Gasteiger partial charge on any atom is 0.152 e. The molecule has 1 heterocycles. The van der Waals surface area contributed by atoms with Crippen LogP contribution in [0.3, 0.4) is 0 Å². The first kappa shape index (κ1) is 11.9. The molecule has 0 aliphatic rings. The molecule has 0 amide bonds. The molecule has 90 valence electrons. The average molecular weight is 251 g/mol. The first-order valence-corrected chi connectivity index (χ1v) is 5.92. The van der Waals surface area contributed by atoms with Crippen molar-refractivity contribution in [1.82, 2.24) is 14.8 Å². The van der Waals surface area contributed by atoms with Crippen molar-refractivity contribution in [3.8, 4) is 0 Å². The molecule has 0 saturated carbocycles. The van der Waals surface area contributed by atoms with E-state index in [1.807, 2.05) is 28.8 Å². The lowest BCUT2D eigenvalue weighted by molar-refractivity contribution is 0.572. The van der Waals surface area contributed by atoms with Crippen molar-refractivity contribution in [3.63, 3.8) is 0 Å². The molecule has 0 aliphatic heterocycles. The Balaban J connectivity index is 2.05. The van der Waals surface area contributed by atoms with Crippen LogP contribution in [0.1, 0.15) is 25.7 Å². The lowest BCUT2D eigenvalue weighted by atomic mass is 10.3. The fraction of sp³-hybridized carbons (Fsp3) is 0.333. The molecule has 2 rings (SSSR count). The Labute approximate surface area is 106 Å². The smallest absolute Gasteiger partial charge is 0.152 e. The van der Waals surface area contributed by atoms with Crippen molar-refractivity contribution in [2.24, 2.45) is 0 Å². The quantitative estimate of drug-likeness (QED) is 0.907. The topological polar surface area (TPSA) is 42.7 Å². The van der Waals surface area contributed by atoms with Gasteiger partial charge in [-0.15, -0.1) is 10.2 Å². The second-order valence-electron chi connectivity index (χ2n) is 4.11. The van der Waals surface area contributed by atoms with E-state index in [-0.39, 0.29) is 0 Å². The van der Waals surface area contributed by atoms with Gasteiger partial charge >= 0.3 is 0 Å². The largest absolute Gasteiger partial charge is 0.378 e. The molecule has 1 aromatic carbocycles. The predicted molar refractivity (Wildman–Crippen MR) is 69.2 cm³/mol. The first-order valence-electron chi connectivity index (χ1n) is 5.54. The van der Waals surface area contributed by atoms with E-state index in [4.69, 9.17) is 11.6 Å². The molecule has 0 atom stereocenters. The molecule has 0 bridgehead atoms. The van der Waals surface area contributed by atoms with E-state index in [0.717, 1.165) is 16.5 Å². The first-order chi connectivity index (χ1) is 8.16. The SMILES string of the molecule is CC(C)n1cnnc1CNc1cccc(Cl)c1. The van der Waals surface area contributed by atoms with Crippen LogP contribution >= 0.6 is 11.6 Å². The van der Waals surface area contributed by atoms with E-state index in [0.29, 0.717) is 12.6 Å². The van der Waals surface area contributed by atoms with Crippen molar-refractivity contribution in [2.45, 2.75) is 26.4 Å². The Morgan fingerprint density at radius 2 is 2.24 bits per heavy atom. The van der Waals surface area contributed by atoms with Gasteiger partial charge in [-0.3, -0.25) is 0 Å². The fourth-order valence-electron chi connectivity index (χ4n) is 1.60. The lowest BCUT2D eigenvalue weighted by Gasteiger charge is -2.11. The van der Waals surface area contributed by atoms with Crippen molar-refractivity contribution >= 4 is 17.3 Å². The van der Waals surface area contributed by atoms with E-state index < -0.39 is 0 Å². The Hall–Kier alpha value is -1.55. The van der Waals surface area contributed by atoms with Gasteiger partial charge in [-0.2, -0.15) is 0 Å². The molecule has 1 aromatic heterocycles. The van der Waals surface area contributed by atoms with Gasteiger partial charge in [0.2, 0.25) is 0 Å². The molecule has 0 spiro atoms. The maximum atomic E-state index is 5.91. The maximum absolute atomic E-state index is 5.91. The lowest BCUT2D eigenvalue weighted by Crippen LogP contribution is -2.10. The van der Waals surface area contributed by atoms with Crippen molar-refractivity contribution in [2.75, 3.05) is 5.32 Å². The molecular weight excluding hydrogens is 236 g/mol. The molecule has 0 saturated heterocycles. The van der Waals surface area contributed by atoms with Gasteiger partial charge in [-0.1, -0.05) is 17.7 Å². The number of hydrogen-bond acceptors (Lipinski definition) is 3. The third-order valence-corrected chi connectivity index (χ3v) is 2.71. The third kappa shape index (κ3) is 2.97. The van der Waals surface area contributed by atoms with Gasteiger partial charge in [0.1, 0.15) is 6.33 Å². The number of benzene rings is 1. The molecule has 2 aromatic rings. The Morgan fingerprint density at radius 3 is 2.94 bits per heavy atom. The highest BCUT2D eigenvalue weighted by Crippen LogP contribution is 2.16. The second kappa shape index (κ2) is 5.19. The van der Waals surface area contributed by atoms with Crippen LogP contribution in [0.2, 0.25) is 5.02 Å². The van der Waals surface area contributed by atoms with Gasteiger partial charge < -0.3 is 9.88 Å². The number of halogens is 1. The summed E-state index contributed by atoms with van der Waals surface area (Å²) in [5.74, 6) is 0.917. The number of rotatable bonds is 4. The fourth-order valence-corrected chi connectivity index (χ4v) is 1.79. The van der Waals surface area contributed by atoms with Crippen LogP contribution in [0, 0.1) is 0 Å². The summed E-state index contributed by atoms with van der Waals surface area (Å²) in [5.41, 5.74) is 0.982. The number of hydrogen-bond donors (Lipinski definition) is 1. The zero-order valence-electron chi connectivity index (χ0n) is 9.89. The molecule has 17 heavy (non-hydrogen) atoms. The number of nitrogens with one attached hydrogen (secondary N) is 1. The van der Waals surface area contributed by atoms with E-state index in [9.17, 15) is 0 Å². The van der Waals surface area contributed by atoms with Crippen LogP contribution in [0.15, 0.2) is 30.6 Å². The van der Waals surface area contributed by atoms with Gasteiger partial charge in [0.25, 0.3) is 0 Å². The van der Waals surface area contributed by atoms with E-state index in [1.54, 1.807) is 6.33 Å². The van der Waals surface area contributed by atoms with Crippen molar-refractivity contribution < 1.29 is 0 Å². The second-order valence-corrected chi connectivity index (χ2v) is 4.55. The molecule has 5 heteroatoms. The highest BCUT2D eigenvalue weighted by molar-refractivity contribution is 6.30. The summed E-state index contributed by atoms with van der Waals surface area (Å²) >= 11 is 5.91. The highest BCUT2D eigenvalue weighted by Gasteiger charge is 2.06. The summed E-state index contributed by atoms with van der Waals surface area (Å²) in [7, 11) is 0. The number of nitrogens with zero attached hydrogens (tertiary/aromatic N) is 3. The zero-order valence-corrected chi connectivity index (χ0v) is 10.6. The van der Waals surface area contributed by atoms with Gasteiger partial charge in [0.05, 0.1) is 6.54 Å². The standard InChI is InChI=1S/C12H15ClN4/c1-9(2)17-8-15-16-12(17)7-14-11-5-3-4-10(13)6-11/h3-6,8-9,14H,7H2,1-2H3. The van der Waals surface area contributed by atoms with Crippen molar-refractivity contribution in [1.29, 1.82) is 0 Å². The summed E-state index contributed by atoms with van der Waals surface area (Å²) in [5, 5.41) is 12.0. The number of aromatic nitrogens is 3. The number of anilines is 1. The molecule has 0 unspecified atom stereocenters. The predicted octanol–water partition coefficient (Wildman–Crippen LogP) is 3.12. The molecule has 4 nitrogen and oxygen atoms in total. The van der Waals surface area contributed by atoms with Crippen molar-refractivity contribution in [3.05, 3.63) is 41.4 Å². The van der Waals surface area contributed by atoms with Crippen LogP contribution in [0.5, 0.6) is 0 Å². The molecule has 0 radical (unpaired) electrons. The van der Waals surface area contributed by atoms with E-state index in [1.165, 1.54) is 0 Å². The van der Waals surface area contributed by atoms with Gasteiger partial charge in [-0.25, -0.2) is 0 Å². The summed E-state index contributed by atoms with van der Waals surface area (Å²) in [6.45, 7) is 4.84. The Bertz CT molecular complexity index is 493. The normalized spacial score (nSPS) is 10.8. The van der Waals surface area contributed by atoms with Crippen LogP contribution in [0.25, 0.3) is 0 Å². The van der Waals surface area contributed by atoms with Gasteiger partial charge in [-0.05, 0) is 32.0 Å². The summed E-state index contributed by atoms with van der Waals surface area (Å²) in [6.07, 6.45) is 1.75. The molecule has 0 fully saturated rings. The molecular formula is C12H15ClN4. The zero-order chi connectivity index (χ0) is 12.3.